The quantitative estimate of drug-likeness (QED) is 0.589. The number of carbonyl (C=O) groups is 2. The first-order valence-corrected chi connectivity index (χ1v) is 6.11. The highest BCUT2D eigenvalue weighted by molar-refractivity contribution is 5.74. The molecule has 3 N–H and O–H groups in total. The van der Waals surface area contributed by atoms with Crippen molar-refractivity contribution in [3.63, 3.8) is 0 Å². The van der Waals surface area contributed by atoms with Gasteiger partial charge in [0.05, 0.1) is 6.42 Å². The summed E-state index contributed by atoms with van der Waals surface area (Å²) in [5.74, 6) is -0.913. The second kappa shape index (κ2) is 7.17. The molecular weight excluding hydrogens is 236 g/mol. The zero-order chi connectivity index (χ0) is 13.5. The summed E-state index contributed by atoms with van der Waals surface area (Å²) >= 11 is 0. The lowest BCUT2D eigenvalue weighted by Crippen LogP contribution is -2.55. The molecule has 0 saturated carbocycles. The minimum Gasteiger partial charge on any atom is -0.481 e. The SMILES string of the molecule is CN1CCN(C)C(CNC(=O)NCCC(=O)O)C1. The van der Waals surface area contributed by atoms with Crippen molar-refractivity contribution in [1.29, 1.82) is 0 Å². The maximum absolute atomic E-state index is 11.4. The van der Waals surface area contributed by atoms with Gasteiger partial charge in [0.15, 0.2) is 0 Å². The number of urea groups is 1. The first-order valence-electron chi connectivity index (χ1n) is 6.11. The third-order valence-corrected chi connectivity index (χ3v) is 3.10. The number of carboxylic acid groups (broad SMARTS) is 1. The molecule has 1 aliphatic rings. The number of carboxylic acids is 1. The molecule has 1 aliphatic heterocycles. The zero-order valence-corrected chi connectivity index (χ0v) is 11.0. The van der Waals surface area contributed by atoms with Crippen molar-refractivity contribution in [3.05, 3.63) is 0 Å². The predicted molar refractivity (Wildman–Crippen MR) is 67.6 cm³/mol. The molecule has 2 amide bonds. The molecule has 0 radical (unpaired) electrons. The summed E-state index contributed by atoms with van der Waals surface area (Å²) in [6, 6.07) is -0.00755. The highest BCUT2D eigenvalue weighted by Gasteiger charge is 2.22. The normalized spacial score (nSPS) is 21.6. The van der Waals surface area contributed by atoms with E-state index >= 15 is 0 Å². The fourth-order valence-corrected chi connectivity index (χ4v) is 1.88. The Balaban J connectivity index is 2.18. The molecule has 1 saturated heterocycles. The van der Waals surface area contributed by atoms with Gasteiger partial charge in [0.25, 0.3) is 0 Å². The minimum atomic E-state index is -0.913. The van der Waals surface area contributed by atoms with Crippen molar-refractivity contribution >= 4 is 12.0 Å². The average molecular weight is 258 g/mol. The van der Waals surface area contributed by atoms with Crippen LogP contribution in [0.25, 0.3) is 0 Å². The second-order valence-corrected chi connectivity index (χ2v) is 4.68. The molecule has 0 spiro atoms. The van der Waals surface area contributed by atoms with Gasteiger partial charge < -0.3 is 20.6 Å². The summed E-state index contributed by atoms with van der Waals surface area (Å²) in [6.07, 6.45) is -0.0561. The van der Waals surface area contributed by atoms with Crippen LogP contribution in [0.1, 0.15) is 6.42 Å². The van der Waals surface area contributed by atoms with Gasteiger partial charge in [-0.3, -0.25) is 9.69 Å². The van der Waals surface area contributed by atoms with Gasteiger partial charge in [0, 0.05) is 38.8 Å². The van der Waals surface area contributed by atoms with Crippen LogP contribution in [-0.2, 0) is 4.79 Å². The monoisotopic (exact) mass is 258 g/mol. The van der Waals surface area contributed by atoms with Crippen LogP contribution < -0.4 is 10.6 Å². The van der Waals surface area contributed by atoms with E-state index in [0.717, 1.165) is 19.6 Å². The summed E-state index contributed by atoms with van der Waals surface area (Å²) in [4.78, 5) is 26.1. The number of nitrogens with zero attached hydrogens (tertiary/aromatic N) is 2. The smallest absolute Gasteiger partial charge is 0.314 e. The topological polar surface area (TPSA) is 84.9 Å². The first-order chi connectivity index (χ1) is 8.49. The van der Waals surface area contributed by atoms with Gasteiger partial charge in [0.1, 0.15) is 0 Å². The number of carbonyl (C=O) groups excluding carboxylic acids is 1. The highest BCUT2D eigenvalue weighted by atomic mass is 16.4. The van der Waals surface area contributed by atoms with Crippen LogP contribution in [-0.4, -0.2) is 79.8 Å². The van der Waals surface area contributed by atoms with Crippen LogP contribution in [0, 0.1) is 0 Å². The van der Waals surface area contributed by atoms with Crippen molar-refractivity contribution < 1.29 is 14.7 Å². The molecule has 1 fully saturated rings. The third kappa shape index (κ3) is 5.33. The molecule has 18 heavy (non-hydrogen) atoms. The van der Waals surface area contributed by atoms with Gasteiger partial charge in [-0.2, -0.15) is 0 Å². The Bertz CT molecular complexity index is 298. The summed E-state index contributed by atoms with van der Waals surface area (Å²) in [7, 11) is 4.11. The average Bonchev–Trinajstić information content (AvgIpc) is 2.30. The fraction of sp³-hybridized carbons (Fsp3) is 0.818. The number of piperazine rings is 1. The van der Waals surface area contributed by atoms with Gasteiger partial charge in [-0.15, -0.1) is 0 Å². The third-order valence-electron chi connectivity index (χ3n) is 3.10. The molecule has 7 heteroatoms. The fourth-order valence-electron chi connectivity index (χ4n) is 1.88. The van der Waals surface area contributed by atoms with Crippen molar-refractivity contribution in [3.8, 4) is 0 Å². The number of hydrogen-bond donors (Lipinski definition) is 3. The molecule has 0 aliphatic carbocycles. The van der Waals surface area contributed by atoms with E-state index in [0.29, 0.717) is 12.6 Å². The lowest BCUT2D eigenvalue weighted by atomic mass is 10.2. The first kappa shape index (κ1) is 14.7. The maximum atomic E-state index is 11.4. The van der Waals surface area contributed by atoms with Crippen LogP contribution in [0.3, 0.4) is 0 Å². The second-order valence-electron chi connectivity index (χ2n) is 4.68. The molecule has 0 aromatic carbocycles. The zero-order valence-electron chi connectivity index (χ0n) is 11.0. The Morgan fingerprint density at radius 2 is 2.00 bits per heavy atom. The Morgan fingerprint density at radius 1 is 1.28 bits per heavy atom. The molecule has 1 rings (SSSR count). The minimum absolute atomic E-state index is 0.0561. The molecule has 0 aromatic rings. The van der Waals surface area contributed by atoms with E-state index in [9.17, 15) is 9.59 Å². The molecule has 0 aromatic heterocycles. The Kier molecular flexibility index (Phi) is 5.87. The van der Waals surface area contributed by atoms with Crippen LogP contribution in [0.2, 0.25) is 0 Å². The van der Waals surface area contributed by atoms with E-state index in [1.165, 1.54) is 0 Å². The molecule has 1 atom stereocenters. The van der Waals surface area contributed by atoms with Crippen LogP contribution in [0.5, 0.6) is 0 Å². The van der Waals surface area contributed by atoms with Crippen molar-refractivity contribution in [1.82, 2.24) is 20.4 Å². The van der Waals surface area contributed by atoms with Gasteiger partial charge in [-0.25, -0.2) is 4.79 Å². The van der Waals surface area contributed by atoms with E-state index in [1.54, 1.807) is 0 Å². The maximum Gasteiger partial charge on any atom is 0.314 e. The molecule has 1 heterocycles. The summed E-state index contributed by atoms with van der Waals surface area (Å²) < 4.78 is 0. The predicted octanol–water partition coefficient (Wildman–Crippen LogP) is -0.994. The van der Waals surface area contributed by atoms with Gasteiger partial charge in [0.2, 0.25) is 0 Å². The molecule has 104 valence electrons. The number of aliphatic carboxylic acids is 1. The lowest BCUT2D eigenvalue weighted by molar-refractivity contribution is -0.136. The van der Waals surface area contributed by atoms with E-state index < -0.39 is 5.97 Å². The molecule has 0 bridgehead atoms. The molecule has 7 nitrogen and oxygen atoms in total. The Labute approximate surface area is 107 Å². The number of rotatable bonds is 5. The van der Waals surface area contributed by atoms with Crippen LogP contribution >= 0.6 is 0 Å². The van der Waals surface area contributed by atoms with Gasteiger partial charge in [-0.05, 0) is 14.1 Å². The highest BCUT2D eigenvalue weighted by Crippen LogP contribution is 2.04. The van der Waals surface area contributed by atoms with Gasteiger partial charge >= 0.3 is 12.0 Å². The number of nitrogens with one attached hydrogen (secondary N) is 2. The van der Waals surface area contributed by atoms with Crippen molar-refractivity contribution in [2.45, 2.75) is 12.5 Å². The number of amides is 2. The van der Waals surface area contributed by atoms with E-state index in [-0.39, 0.29) is 19.0 Å². The molecule has 1 unspecified atom stereocenters. The molecular formula is C11H22N4O3. The van der Waals surface area contributed by atoms with Crippen molar-refractivity contribution in [2.24, 2.45) is 0 Å². The summed E-state index contributed by atoms with van der Waals surface area (Å²) in [5, 5.41) is 13.7. The van der Waals surface area contributed by atoms with Gasteiger partial charge in [-0.1, -0.05) is 0 Å². The Morgan fingerprint density at radius 3 is 2.67 bits per heavy atom. The van der Waals surface area contributed by atoms with E-state index in [1.807, 2.05) is 7.05 Å². The van der Waals surface area contributed by atoms with Crippen LogP contribution in [0.15, 0.2) is 0 Å². The summed E-state index contributed by atoms with van der Waals surface area (Å²) in [5.41, 5.74) is 0. The number of hydrogen-bond acceptors (Lipinski definition) is 4. The largest absolute Gasteiger partial charge is 0.481 e. The lowest BCUT2D eigenvalue weighted by Gasteiger charge is -2.37. The Hall–Kier alpha value is -1.34. The standard InChI is InChI=1S/C11H22N4O3/c1-14-5-6-15(2)9(8-14)7-13-11(18)12-4-3-10(16)17/h9H,3-8H2,1-2H3,(H,16,17)(H2,12,13,18). The number of likely N-dealkylation sites (N-methyl/N-ethyl adjacent to an activating group) is 2. The van der Waals surface area contributed by atoms with E-state index in [2.05, 4.69) is 27.5 Å². The van der Waals surface area contributed by atoms with Crippen LogP contribution in [0.4, 0.5) is 4.79 Å². The van der Waals surface area contributed by atoms with E-state index in [4.69, 9.17) is 5.11 Å². The van der Waals surface area contributed by atoms with Crippen molar-refractivity contribution in [2.75, 3.05) is 46.8 Å². The summed E-state index contributed by atoms with van der Waals surface area (Å²) in [6.45, 7) is 3.68.